The van der Waals surface area contributed by atoms with Gasteiger partial charge in [-0.3, -0.25) is 14.5 Å². The minimum atomic E-state index is -0.961. The molecule has 0 aliphatic carbocycles. The molecule has 0 saturated carbocycles. The van der Waals surface area contributed by atoms with E-state index in [0.717, 1.165) is 35.7 Å². The number of carbonyl (C=O) groups is 2. The molecule has 1 fully saturated rings. The van der Waals surface area contributed by atoms with E-state index in [-0.39, 0.29) is 18.6 Å². The smallest absolute Gasteiger partial charge is 0.325 e. The lowest BCUT2D eigenvalue weighted by molar-refractivity contribution is -0.163. The van der Waals surface area contributed by atoms with Gasteiger partial charge < -0.3 is 15.2 Å². The monoisotopic (exact) mass is 398 g/mol. The molecule has 6 nitrogen and oxygen atoms in total. The fourth-order valence-corrected chi connectivity index (χ4v) is 3.99. The fraction of sp³-hybridized carbons (Fsp3) is 0.478. The Kier molecular flexibility index (Phi) is 6.55. The van der Waals surface area contributed by atoms with E-state index in [1.807, 2.05) is 63.2 Å². The molecule has 1 saturated heterocycles. The summed E-state index contributed by atoms with van der Waals surface area (Å²) in [7, 11) is 0. The first kappa shape index (κ1) is 21.3. The summed E-state index contributed by atoms with van der Waals surface area (Å²) in [5.74, 6) is -1.34. The fourth-order valence-electron chi connectivity index (χ4n) is 3.99. The van der Waals surface area contributed by atoms with Gasteiger partial charge in [-0.15, -0.1) is 0 Å². The zero-order valence-electron chi connectivity index (χ0n) is 17.4. The molecule has 2 aromatic carbocycles. The number of rotatable bonds is 7. The average Bonchev–Trinajstić information content (AvgIpc) is 3.14. The summed E-state index contributed by atoms with van der Waals surface area (Å²) in [6.45, 7) is 6.43. The van der Waals surface area contributed by atoms with Gasteiger partial charge in [0.2, 0.25) is 0 Å². The van der Waals surface area contributed by atoms with E-state index >= 15 is 0 Å². The average molecular weight is 399 g/mol. The maximum atomic E-state index is 13.1. The Hall–Kier alpha value is -2.44. The Balaban J connectivity index is 1.96. The minimum Gasteiger partial charge on any atom is -0.480 e. The summed E-state index contributed by atoms with van der Waals surface area (Å²) in [5.41, 5.74) is 0.360. The number of carbonyl (C=O) groups excluding carboxylic acids is 1. The molecule has 0 aromatic heterocycles. The number of ether oxygens (including phenoxy) is 1. The summed E-state index contributed by atoms with van der Waals surface area (Å²) in [5, 5.41) is 15.1. The number of esters is 1. The quantitative estimate of drug-likeness (QED) is 0.698. The van der Waals surface area contributed by atoms with Crippen molar-refractivity contribution in [2.45, 2.75) is 57.8 Å². The van der Waals surface area contributed by atoms with E-state index in [1.165, 1.54) is 0 Å². The molecular weight excluding hydrogens is 368 g/mol. The molecule has 6 heteroatoms. The molecule has 2 N–H and O–H groups in total. The van der Waals surface area contributed by atoms with Crippen LogP contribution in [0.3, 0.4) is 0 Å². The van der Waals surface area contributed by atoms with Crippen LogP contribution in [0.25, 0.3) is 10.8 Å². The van der Waals surface area contributed by atoms with Crippen LogP contribution in [0, 0.1) is 0 Å². The van der Waals surface area contributed by atoms with Gasteiger partial charge >= 0.3 is 11.9 Å². The van der Waals surface area contributed by atoms with Gasteiger partial charge in [-0.25, -0.2) is 0 Å². The third-order valence-corrected chi connectivity index (χ3v) is 5.11. The molecule has 156 valence electrons. The predicted octanol–water partition coefficient (Wildman–Crippen LogP) is 3.19. The number of carboxylic acid groups (broad SMARTS) is 1. The van der Waals surface area contributed by atoms with Crippen LogP contribution in [-0.2, 0) is 20.9 Å². The number of fused-ring (bicyclic) bond motifs is 1. The first-order valence-corrected chi connectivity index (χ1v) is 10.1. The van der Waals surface area contributed by atoms with E-state index in [0.29, 0.717) is 6.54 Å². The maximum absolute atomic E-state index is 13.1. The summed E-state index contributed by atoms with van der Waals surface area (Å²) >= 11 is 0. The Morgan fingerprint density at radius 1 is 1.21 bits per heavy atom. The number of benzene rings is 2. The molecule has 1 aliphatic heterocycles. The Morgan fingerprint density at radius 3 is 2.59 bits per heavy atom. The Bertz CT molecular complexity index is 863. The van der Waals surface area contributed by atoms with Crippen LogP contribution in [0.2, 0.25) is 0 Å². The highest BCUT2D eigenvalue weighted by atomic mass is 16.6. The molecule has 0 radical (unpaired) electrons. The van der Waals surface area contributed by atoms with Crippen molar-refractivity contribution in [3.05, 3.63) is 48.0 Å². The summed E-state index contributed by atoms with van der Waals surface area (Å²) in [6.07, 6.45) is 1.77. The molecule has 2 atom stereocenters. The molecule has 1 unspecified atom stereocenters. The Labute approximate surface area is 171 Å². The summed E-state index contributed by atoms with van der Waals surface area (Å²) < 4.78 is 5.69. The standard InChI is InChI=1S/C23H30N2O4/c1-23(2,3)29-22(28)21(19-12-7-13-24-19)25(15-20(26)27)14-17-10-6-9-16-8-4-5-11-18(16)17/h4-6,8-11,19,21,24H,7,12-15H2,1-3H3,(H,26,27)/t19-,21?/m0/s1. The second kappa shape index (κ2) is 8.93. The van der Waals surface area contributed by atoms with Crippen molar-refractivity contribution < 1.29 is 19.4 Å². The second-order valence-electron chi connectivity index (χ2n) is 8.62. The summed E-state index contributed by atoms with van der Waals surface area (Å²) in [6, 6.07) is 13.2. The lowest BCUT2D eigenvalue weighted by atomic mass is 10.0. The summed E-state index contributed by atoms with van der Waals surface area (Å²) in [4.78, 5) is 26.5. The van der Waals surface area contributed by atoms with Crippen LogP contribution in [0.15, 0.2) is 42.5 Å². The van der Waals surface area contributed by atoms with Gasteiger partial charge in [-0.2, -0.15) is 0 Å². The van der Waals surface area contributed by atoms with Crippen molar-refractivity contribution in [1.82, 2.24) is 10.2 Å². The minimum absolute atomic E-state index is 0.126. The van der Waals surface area contributed by atoms with Crippen LogP contribution in [-0.4, -0.2) is 52.7 Å². The predicted molar refractivity (Wildman–Crippen MR) is 113 cm³/mol. The van der Waals surface area contributed by atoms with E-state index in [2.05, 4.69) is 5.32 Å². The maximum Gasteiger partial charge on any atom is 0.325 e. The number of nitrogens with one attached hydrogen (secondary N) is 1. The van der Waals surface area contributed by atoms with E-state index in [9.17, 15) is 14.7 Å². The van der Waals surface area contributed by atoms with E-state index in [4.69, 9.17) is 4.74 Å². The number of hydrogen-bond donors (Lipinski definition) is 2. The van der Waals surface area contributed by atoms with Crippen LogP contribution >= 0.6 is 0 Å². The largest absolute Gasteiger partial charge is 0.480 e. The van der Waals surface area contributed by atoms with Crippen molar-refractivity contribution in [2.24, 2.45) is 0 Å². The Morgan fingerprint density at radius 2 is 1.93 bits per heavy atom. The van der Waals surface area contributed by atoms with Crippen LogP contribution < -0.4 is 5.32 Å². The molecule has 0 spiro atoms. The normalized spacial score (nSPS) is 18.1. The molecule has 29 heavy (non-hydrogen) atoms. The highest BCUT2D eigenvalue weighted by Crippen LogP contribution is 2.24. The zero-order valence-corrected chi connectivity index (χ0v) is 17.4. The molecule has 1 aliphatic rings. The lowest BCUT2D eigenvalue weighted by Gasteiger charge is -2.35. The SMILES string of the molecule is CC(C)(C)OC(=O)C([C@@H]1CCCN1)N(CC(=O)O)Cc1cccc2ccccc12. The number of carboxylic acids is 1. The van der Waals surface area contributed by atoms with Crippen LogP contribution in [0.5, 0.6) is 0 Å². The van der Waals surface area contributed by atoms with Gasteiger partial charge in [-0.1, -0.05) is 42.5 Å². The van der Waals surface area contributed by atoms with E-state index < -0.39 is 17.6 Å². The molecule has 0 bridgehead atoms. The first-order chi connectivity index (χ1) is 13.7. The molecule has 3 rings (SSSR count). The van der Waals surface area contributed by atoms with Crippen molar-refractivity contribution in [3.63, 3.8) is 0 Å². The molecule has 2 aromatic rings. The van der Waals surface area contributed by atoms with E-state index in [1.54, 1.807) is 4.90 Å². The van der Waals surface area contributed by atoms with Gasteiger partial charge in [0, 0.05) is 12.6 Å². The highest BCUT2D eigenvalue weighted by Gasteiger charge is 2.39. The van der Waals surface area contributed by atoms with Crippen molar-refractivity contribution >= 4 is 22.7 Å². The van der Waals surface area contributed by atoms with Crippen molar-refractivity contribution in [3.8, 4) is 0 Å². The molecule has 1 heterocycles. The molecule has 0 amide bonds. The van der Waals surface area contributed by atoms with Gasteiger partial charge in [0.1, 0.15) is 11.6 Å². The van der Waals surface area contributed by atoms with Gasteiger partial charge in [0.15, 0.2) is 0 Å². The van der Waals surface area contributed by atoms with Crippen molar-refractivity contribution in [1.29, 1.82) is 0 Å². The first-order valence-electron chi connectivity index (χ1n) is 10.1. The van der Waals surface area contributed by atoms with Crippen LogP contribution in [0.4, 0.5) is 0 Å². The third kappa shape index (κ3) is 5.55. The highest BCUT2D eigenvalue weighted by molar-refractivity contribution is 5.86. The van der Waals surface area contributed by atoms with Crippen molar-refractivity contribution in [2.75, 3.05) is 13.1 Å². The number of hydrogen-bond acceptors (Lipinski definition) is 5. The topological polar surface area (TPSA) is 78.9 Å². The zero-order chi connectivity index (χ0) is 21.0. The number of aliphatic carboxylic acids is 1. The van der Waals surface area contributed by atoms with Gasteiger partial charge in [0.05, 0.1) is 6.54 Å². The molecular formula is C23H30N2O4. The second-order valence-corrected chi connectivity index (χ2v) is 8.62. The van der Waals surface area contributed by atoms with Crippen LogP contribution in [0.1, 0.15) is 39.2 Å². The van der Waals surface area contributed by atoms with Gasteiger partial charge in [0.25, 0.3) is 0 Å². The third-order valence-electron chi connectivity index (χ3n) is 5.11. The number of nitrogens with zero attached hydrogens (tertiary/aromatic N) is 1. The lowest BCUT2D eigenvalue weighted by Crippen LogP contribution is -2.55. The van der Waals surface area contributed by atoms with Gasteiger partial charge in [-0.05, 0) is 56.5 Å².